The number of carbonyl (C=O) groups excluding carboxylic acids is 2. The zero-order valence-corrected chi connectivity index (χ0v) is 30.1. The van der Waals surface area contributed by atoms with E-state index in [4.69, 9.17) is 27.8 Å². The van der Waals surface area contributed by atoms with E-state index < -0.39 is 46.4 Å². The van der Waals surface area contributed by atoms with Gasteiger partial charge in [0.15, 0.2) is 22.2 Å². The van der Waals surface area contributed by atoms with E-state index in [0.717, 1.165) is 5.56 Å². The first-order valence-corrected chi connectivity index (χ1v) is 20.9. The van der Waals surface area contributed by atoms with Crippen LogP contribution in [0.2, 0.25) is 36.3 Å². The average molecular weight is 625 g/mol. The maximum atomic E-state index is 13.6. The molecule has 0 radical (unpaired) electrons. The summed E-state index contributed by atoms with van der Waals surface area (Å²) in [5, 5.41) is -0.0886. The summed E-state index contributed by atoms with van der Waals surface area (Å²) in [7, 11) is -3.07. The zero-order chi connectivity index (χ0) is 32.0. The first-order valence-electron chi connectivity index (χ1n) is 15.1. The fourth-order valence-corrected chi connectivity index (χ4v) is 7.42. The lowest BCUT2D eigenvalue weighted by atomic mass is 9.73. The van der Waals surface area contributed by atoms with Gasteiger partial charge in [0, 0.05) is 25.9 Å². The fourth-order valence-electron chi connectivity index (χ4n) is 4.82. The van der Waals surface area contributed by atoms with Crippen molar-refractivity contribution in [2.45, 2.75) is 128 Å². The topological polar surface area (TPSA) is 89.5 Å². The number of methoxy groups -OCH3 is 1. The molecule has 1 aromatic rings. The van der Waals surface area contributed by atoms with Crippen molar-refractivity contribution in [3.63, 3.8) is 0 Å². The summed E-state index contributed by atoms with van der Waals surface area (Å²) in [6.07, 6.45) is -0.116. The minimum atomic E-state index is -2.44. The Bertz CT molecular complexity index is 1020. The summed E-state index contributed by atoms with van der Waals surface area (Å²) < 4.78 is 36.9. The van der Waals surface area contributed by atoms with Gasteiger partial charge in [-0.3, -0.25) is 4.79 Å². The van der Waals surface area contributed by atoms with Crippen molar-refractivity contribution in [3.05, 3.63) is 35.9 Å². The largest absolute Gasteiger partial charge is 0.467 e. The molecule has 0 bridgehead atoms. The molecule has 1 aliphatic carbocycles. The van der Waals surface area contributed by atoms with Gasteiger partial charge in [0.05, 0.1) is 13.7 Å². The second-order valence-electron chi connectivity index (χ2n) is 14.6. The Kier molecular flexibility index (Phi) is 12.6. The molecule has 2 rings (SSSR count). The molecule has 0 N–H and O–H groups in total. The van der Waals surface area contributed by atoms with Crippen molar-refractivity contribution in [1.82, 2.24) is 0 Å². The number of hydrogen-bond donors (Lipinski definition) is 0. The molecule has 240 valence electrons. The van der Waals surface area contributed by atoms with Gasteiger partial charge >= 0.3 is 11.9 Å². The summed E-state index contributed by atoms with van der Waals surface area (Å²) in [6, 6.07) is 9.83. The van der Waals surface area contributed by atoms with Gasteiger partial charge in [-0.15, -0.1) is 0 Å². The number of esters is 2. The van der Waals surface area contributed by atoms with Crippen LogP contribution in [0.25, 0.3) is 0 Å². The molecule has 0 unspecified atom stereocenters. The lowest BCUT2D eigenvalue weighted by Gasteiger charge is -2.50. The van der Waals surface area contributed by atoms with Crippen molar-refractivity contribution in [2.24, 2.45) is 5.92 Å². The van der Waals surface area contributed by atoms with E-state index in [2.05, 4.69) is 67.7 Å². The molecular weight excluding hydrogens is 569 g/mol. The van der Waals surface area contributed by atoms with Gasteiger partial charge in [0.1, 0.15) is 19.0 Å². The van der Waals surface area contributed by atoms with Crippen LogP contribution in [-0.2, 0) is 44.0 Å². The molecular formula is C32H56O8Si2. The molecule has 1 saturated carbocycles. The average Bonchev–Trinajstić information content (AvgIpc) is 2.86. The van der Waals surface area contributed by atoms with Crippen molar-refractivity contribution in [1.29, 1.82) is 0 Å². The van der Waals surface area contributed by atoms with Crippen molar-refractivity contribution in [2.75, 3.05) is 20.5 Å². The highest BCUT2D eigenvalue weighted by molar-refractivity contribution is 6.74. The molecule has 1 fully saturated rings. The fraction of sp³-hybridized carbons (Fsp3) is 0.750. The molecule has 0 spiro atoms. The summed E-state index contributed by atoms with van der Waals surface area (Å²) >= 11 is 0. The summed E-state index contributed by atoms with van der Waals surface area (Å²) in [5.74, 6) is -1.08. The van der Waals surface area contributed by atoms with Gasteiger partial charge in [0.2, 0.25) is 0 Å². The van der Waals surface area contributed by atoms with Crippen LogP contribution in [0.15, 0.2) is 30.3 Å². The molecule has 10 heteroatoms. The number of carbonyl (C=O) groups is 2. The van der Waals surface area contributed by atoms with Crippen molar-refractivity contribution >= 4 is 28.6 Å². The predicted molar refractivity (Wildman–Crippen MR) is 170 cm³/mol. The lowest BCUT2D eigenvalue weighted by molar-refractivity contribution is -0.210. The first kappa shape index (κ1) is 36.6. The molecule has 4 atom stereocenters. The lowest BCUT2D eigenvalue weighted by Crippen LogP contribution is -2.62. The molecule has 42 heavy (non-hydrogen) atoms. The van der Waals surface area contributed by atoms with Gasteiger partial charge < -0.3 is 27.8 Å². The molecule has 0 saturated heterocycles. The quantitative estimate of drug-likeness (QED) is 0.0983. The van der Waals surface area contributed by atoms with Crippen LogP contribution < -0.4 is 0 Å². The SMILES string of the molecule is COC(=O)[C@]1(O[Si](C)(C)C(C)(C)C)C[C@@H](CCO[Si](C)(C)C(C)(C)C)[C@@H](OC(C)=O)[C@H](OCOCc2ccccc2)C1. The van der Waals surface area contributed by atoms with Crippen molar-refractivity contribution < 1.29 is 37.4 Å². The highest BCUT2D eigenvalue weighted by atomic mass is 28.4. The smallest absolute Gasteiger partial charge is 0.337 e. The third kappa shape index (κ3) is 9.72. The Morgan fingerprint density at radius 3 is 2.05 bits per heavy atom. The van der Waals surface area contributed by atoms with Gasteiger partial charge in [-0.1, -0.05) is 71.9 Å². The van der Waals surface area contributed by atoms with E-state index in [1.54, 1.807) is 0 Å². The summed E-state index contributed by atoms with van der Waals surface area (Å²) in [5.41, 5.74) is -0.229. The first-order chi connectivity index (χ1) is 19.2. The van der Waals surface area contributed by atoms with Crippen LogP contribution in [-0.4, -0.2) is 66.9 Å². The van der Waals surface area contributed by atoms with E-state index in [0.29, 0.717) is 26.1 Å². The minimum Gasteiger partial charge on any atom is -0.467 e. The van der Waals surface area contributed by atoms with Crippen LogP contribution in [0.1, 0.15) is 73.3 Å². The van der Waals surface area contributed by atoms with Crippen molar-refractivity contribution in [3.8, 4) is 0 Å². The molecule has 0 heterocycles. The van der Waals surface area contributed by atoms with Gasteiger partial charge in [-0.05, 0) is 54.7 Å². The van der Waals surface area contributed by atoms with Crippen LogP contribution in [0.4, 0.5) is 0 Å². The van der Waals surface area contributed by atoms with Crippen LogP contribution in [0.5, 0.6) is 0 Å². The third-order valence-electron chi connectivity index (χ3n) is 9.30. The van der Waals surface area contributed by atoms with Gasteiger partial charge in [-0.2, -0.15) is 0 Å². The van der Waals surface area contributed by atoms with Crippen LogP contribution in [0, 0.1) is 5.92 Å². The number of ether oxygens (including phenoxy) is 4. The maximum Gasteiger partial charge on any atom is 0.337 e. The van der Waals surface area contributed by atoms with E-state index in [-0.39, 0.29) is 29.2 Å². The van der Waals surface area contributed by atoms with E-state index in [1.165, 1.54) is 14.0 Å². The molecule has 1 aromatic carbocycles. The Balaban J connectivity index is 2.42. The predicted octanol–water partition coefficient (Wildman–Crippen LogP) is 7.23. The molecule has 0 aromatic heterocycles. The van der Waals surface area contributed by atoms with E-state index >= 15 is 0 Å². The highest BCUT2D eigenvalue weighted by Crippen LogP contribution is 2.47. The zero-order valence-electron chi connectivity index (χ0n) is 28.1. The number of rotatable bonds is 13. The Morgan fingerprint density at radius 1 is 0.929 bits per heavy atom. The maximum absolute atomic E-state index is 13.6. The second-order valence-corrected chi connectivity index (χ2v) is 24.2. The number of hydrogen-bond acceptors (Lipinski definition) is 8. The van der Waals surface area contributed by atoms with E-state index in [1.807, 2.05) is 30.3 Å². The summed E-state index contributed by atoms with van der Waals surface area (Å²) in [6.45, 7) is 24.0. The van der Waals surface area contributed by atoms with Crippen LogP contribution >= 0.6 is 0 Å². The van der Waals surface area contributed by atoms with Gasteiger partial charge in [-0.25, -0.2) is 4.79 Å². The molecule has 8 nitrogen and oxygen atoms in total. The molecule has 0 amide bonds. The van der Waals surface area contributed by atoms with Gasteiger partial charge in [0.25, 0.3) is 0 Å². The standard InChI is InChI=1S/C32H56O8Si2/c1-24(33)39-28-26(18-19-38-41(9,10)30(2,3)4)20-32(29(34)35-8,40-42(11,12)31(5,6)7)21-27(28)37-23-36-22-25-16-14-13-15-17-25/h13-17,26-28H,18-23H2,1-12H3/t26-,27-,28-,32+/m1/s1. The normalized spacial score (nSPS) is 23.9. The Labute approximate surface area is 256 Å². The second kappa shape index (κ2) is 14.5. The Morgan fingerprint density at radius 2 is 1.52 bits per heavy atom. The Hall–Kier alpha value is -1.57. The highest BCUT2D eigenvalue weighted by Gasteiger charge is 2.57. The molecule has 1 aliphatic rings. The van der Waals surface area contributed by atoms with Crippen LogP contribution in [0.3, 0.4) is 0 Å². The number of benzene rings is 1. The molecule has 0 aliphatic heterocycles. The minimum absolute atomic E-state index is 0.0259. The van der Waals surface area contributed by atoms with E-state index in [9.17, 15) is 9.59 Å². The summed E-state index contributed by atoms with van der Waals surface area (Å²) in [4.78, 5) is 26.0. The monoisotopic (exact) mass is 624 g/mol. The third-order valence-corrected chi connectivity index (χ3v) is 18.4.